The van der Waals surface area contributed by atoms with E-state index in [2.05, 4.69) is 13.2 Å². The fraction of sp³-hybridized carbons (Fsp3) is 0.214. The van der Waals surface area contributed by atoms with Crippen LogP contribution in [0.3, 0.4) is 0 Å². The first-order valence-corrected chi connectivity index (χ1v) is 5.50. The van der Waals surface area contributed by atoms with Gasteiger partial charge in [0, 0.05) is 0 Å². The second kappa shape index (κ2) is 5.91. The first kappa shape index (κ1) is 13.8. The number of rotatable bonds is 6. The maximum Gasteiger partial charge on any atom is 0.358 e. The summed E-state index contributed by atoms with van der Waals surface area (Å²) in [5, 5.41) is 9.18. The molecule has 0 aromatic heterocycles. The van der Waals surface area contributed by atoms with E-state index in [1.807, 2.05) is 0 Å². The Bertz CT molecular complexity index is 426. The number of ether oxygens (including phenoxy) is 2. The van der Waals surface area contributed by atoms with E-state index in [0.717, 1.165) is 0 Å². The van der Waals surface area contributed by atoms with Crippen LogP contribution in [0.15, 0.2) is 49.6 Å². The van der Waals surface area contributed by atoms with Gasteiger partial charge in [-0.15, -0.1) is 0 Å². The van der Waals surface area contributed by atoms with E-state index in [0.29, 0.717) is 5.75 Å². The minimum Gasteiger partial charge on any atom is -0.508 e. The van der Waals surface area contributed by atoms with E-state index in [1.54, 1.807) is 6.92 Å². The highest BCUT2D eigenvalue weighted by molar-refractivity contribution is 5.85. The number of hydrogen-bond donors (Lipinski definition) is 1. The molecule has 4 nitrogen and oxygen atoms in total. The van der Waals surface area contributed by atoms with Crippen LogP contribution in [0.5, 0.6) is 11.5 Å². The van der Waals surface area contributed by atoms with Gasteiger partial charge in [-0.3, -0.25) is 0 Å². The molecular formula is C14H16O4. The molecule has 0 bridgehead atoms. The second-order valence-electron chi connectivity index (χ2n) is 3.52. The summed E-state index contributed by atoms with van der Waals surface area (Å²) in [5.74, 6) is -0.0648. The average molecular weight is 248 g/mol. The van der Waals surface area contributed by atoms with Crippen molar-refractivity contribution in [1.82, 2.24) is 0 Å². The Balaban J connectivity index is 2.98. The highest BCUT2D eigenvalue weighted by atomic mass is 16.6. The molecule has 0 atom stereocenters. The van der Waals surface area contributed by atoms with Crippen LogP contribution in [-0.4, -0.2) is 23.3 Å². The molecule has 4 heteroatoms. The quantitative estimate of drug-likeness (QED) is 0.620. The predicted molar refractivity (Wildman–Crippen MR) is 68.5 cm³/mol. The van der Waals surface area contributed by atoms with Gasteiger partial charge in [0.05, 0.1) is 6.61 Å². The summed E-state index contributed by atoms with van der Waals surface area (Å²) in [6.45, 7) is 9.09. The van der Waals surface area contributed by atoms with Gasteiger partial charge in [-0.25, -0.2) is 4.79 Å². The van der Waals surface area contributed by atoms with Gasteiger partial charge in [-0.05, 0) is 43.3 Å². The van der Waals surface area contributed by atoms with E-state index in [-0.39, 0.29) is 12.4 Å². The van der Waals surface area contributed by atoms with Crippen molar-refractivity contribution in [3.63, 3.8) is 0 Å². The summed E-state index contributed by atoms with van der Waals surface area (Å²) in [5.41, 5.74) is -1.42. The molecule has 0 aliphatic carbocycles. The smallest absolute Gasteiger partial charge is 0.358 e. The third-order valence-electron chi connectivity index (χ3n) is 2.32. The molecule has 96 valence electrons. The minimum absolute atomic E-state index is 0.112. The van der Waals surface area contributed by atoms with Crippen molar-refractivity contribution in [3.8, 4) is 11.5 Å². The molecular weight excluding hydrogens is 232 g/mol. The van der Waals surface area contributed by atoms with E-state index < -0.39 is 11.6 Å². The Morgan fingerprint density at radius 3 is 2.33 bits per heavy atom. The molecule has 0 saturated carbocycles. The Labute approximate surface area is 106 Å². The van der Waals surface area contributed by atoms with E-state index in [4.69, 9.17) is 9.47 Å². The molecule has 0 aliphatic heterocycles. The van der Waals surface area contributed by atoms with Gasteiger partial charge in [0.25, 0.3) is 0 Å². The number of carbonyl (C=O) groups excluding carboxylic acids is 1. The number of benzene rings is 1. The molecule has 18 heavy (non-hydrogen) atoms. The molecule has 0 fully saturated rings. The summed E-state index contributed by atoms with van der Waals surface area (Å²) in [4.78, 5) is 11.9. The highest BCUT2D eigenvalue weighted by Gasteiger charge is 2.36. The van der Waals surface area contributed by atoms with Crippen LogP contribution >= 0.6 is 0 Å². The summed E-state index contributed by atoms with van der Waals surface area (Å²) in [6.07, 6.45) is 2.65. The lowest BCUT2D eigenvalue weighted by Crippen LogP contribution is -2.41. The molecule has 0 unspecified atom stereocenters. The fourth-order valence-corrected chi connectivity index (χ4v) is 1.33. The van der Waals surface area contributed by atoms with Gasteiger partial charge in [0.15, 0.2) is 0 Å². The van der Waals surface area contributed by atoms with Gasteiger partial charge < -0.3 is 14.6 Å². The Morgan fingerprint density at radius 2 is 1.89 bits per heavy atom. The van der Waals surface area contributed by atoms with Crippen molar-refractivity contribution in [2.24, 2.45) is 0 Å². The van der Waals surface area contributed by atoms with Crippen molar-refractivity contribution < 1.29 is 19.4 Å². The third kappa shape index (κ3) is 2.91. The summed E-state index contributed by atoms with van der Waals surface area (Å²) < 4.78 is 10.5. The van der Waals surface area contributed by atoms with Gasteiger partial charge in [0.1, 0.15) is 11.5 Å². The van der Waals surface area contributed by atoms with E-state index >= 15 is 0 Å². The van der Waals surface area contributed by atoms with Gasteiger partial charge in [-0.2, -0.15) is 0 Å². The molecule has 1 aromatic carbocycles. The van der Waals surface area contributed by atoms with Crippen LogP contribution in [-0.2, 0) is 9.53 Å². The Hall–Kier alpha value is -2.23. The zero-order valence-electron chi connectivity index (χ0n) is 10.3. The number of aromatic hydroxyl groups is 1. The van der Waals surface area contributed by atoms with Crippen molar-refractivity contribution in [2.45, 2.75) is 12.5 Å². The molecule has 0 heterocycles. The van der Waals surface area contributed by atoms with Crippen molar-refractivity contribution >= 4 is 5.97 Å². The molecule has 0 saturated heterocycles. The monoisotopic (exact) mass is 248 g/mol. The van der Waals surface area contributed by atoms with Crippen LogP contribution in [0, 0.1) is 0 Å². The molecule has 0 spiro atoms. The standard InChI is InChI=1S/C14H16O4/c1-4-14(5-2,13(16)17-6-3)18-12-9-7-11(15)8-10-12/h4-5,7-10,15H,1-2,6H2,3H3. The van der Waals surface area contributed by atoms with E-state index in [1.165, 1.54) is 36.4 Å². The molecule has 0 radical (unpaired) electrons. The van der Waals surface area contributed by atoms with Gasteiger partial charge >= 0.3 is 5.97 Å². The average Bonchev–Trinajstić information content (AvgIpc) is 2.38. The van der Waals surface area contributed by atoms with Gasteiger partial charge in [-0.1, -0.05) is 13.2 Å². The molecule has 0 amide bonds. The zero-order valence-corrected chi connectivity index (χ0v) is 10.3. The topological polar surface area (TPSA) is 55.8 Å². The van der Waals surface area contributed by atoms with Crippen LogP contribution in [0.25, 0.3) is 0 Å². The minimum atomic E-state index is -1.42. The Kier molecular flexibility index (Phi) is 4.54. The normalized spacial score (nSPS) is 10.5. The van der Waals surface area contributed by atoms with Crippen LogP contribution in [0.4, 0.5) is 0 Å². The highest BCUT2D eigenvalue weighted by Crippen LogP contribution is 2.24. The Morgan fingerprint density at radius 1 is 1.33 bits per heavy atom. The van der Waals surface area contributed by atoms with Crippen LogP contribution < -0.4 is 4.74 Å². The summed E-state index contributed by atoms with van der Waals surface area (Å²) in [7, 11) is 0. The summed E-state index contributed by atoms with van der Waals surface area (Å²) in [6, 6.07) is 5.99. The zero-order chi connectivity index (χ0) is 13.6. The maximum absolute atomic E-state index is 11.9. The predicted octanol–water partition coefficient (Wildman–Crippen LogP) is 2.44. The number of phenolic OH excluding ortho intramolecular Hbond substituents is 1. The number of hydrogen-bond acceptors (Lipinski definition) is 4. The number of esters is 1. The molecule has 1 N–H and O–H groups in total. The largest absolute Gasteiger partial charge is 0.508 e. The van der Waals surface area contributed by atoms with Crippen LogP contribution in [0.2, 0.25) is 0 Å². The molecule has 1 rings (SSSR count). The van der Waals surface area contributed by atoms with Crippen molar-refractivity contribution in [2.75, 3.05) is 6.61 Å². The lowest BCUT2D eigenvalue weighted by Gasteiger charge is -2.25. The number of phenols is 1. The fourth-order valence-electron chi connectivity index (χ4n) is 1.33. The first-order valence-electron chi connectivity index (χ1n) is 5.50. The van der Waals surface area contributed by atoms with Crippen molar-refractivity contribution in [3.05, 3.63) is 49.6 Å². The first-order chi connectivity index (χ1) is 8.57. The molecule has 0 aliphatic rings. The van der Waals surface area contributed by atoms with Gasteiger partial charge in [0.2, 0.25) is 5.60 Å². The summed E-state index contributed by atoms with van der Waals surface area (Å²) >= 11 is 0. The molecule has 1 aromatic rings. The van der Waals surface area contributed by atoms with E-state index in [9.17, 15) is 9.90 Å². The number of carbonyl (C=O) groups is 1. The van der Waals surface area contributed by atoms with Crippen LogP contribution in [0.1, 0.15) is 6.92 Å². The van der Waals surface area contributed by atoms with Crippen molar-refractivity contribution in [1.29, 1.82) is 0 Å². The third-order valence-corrected chi connectivity index (χ3v) is 2.32. The lowest BCUT2D eigenvalue weighted by atomic mass is 10.0. The lowest BCUT2D eigenvalue weighted by molar-refractivity contribution is -0.154. The SMILES string of the molecule is C=CC(C=C)(Oc1ccc(O)cc1)C(=O)OCC. The second-order valence-corrected chi connectivity index (χ2v) is 3.52. The maximum atomic E-state index is 11.9.